The summed E-state index contributed by atoms with van der Waals surface area (Å²) in [4.78, 5) is 27.2. The van der Waals surface area contributed by atoms with E-state index in [9.17, 15) is 18.0 Å². The summed E-state index contributed by atoms with van der Waals surface area (Å²) >= 11 is 0. The molecule has 0 amide bonds. The Morgan fingerprint density at radius 1 is 1.29 bits per heavy atom. The van der Waals surface area contributed by atoms with Crippen LogP contribution in [0.5, 0.6) is 5.88 Å². The summed E-state index contributed by atoms with van der Waals surface area (Å²) in [7, 11) is -1.52. The second kappa shape index (κ2) is 6.97. The van der Waals surface area contributed by atoms with Gasteiger partial charge in [0.1, 0.15) is 0 Å². The Hall–Kier alpha value is -2.46. The number of hydrogen-bond acceptors (Lipinski definition) is 6. The number of nitrogens with one attached hydrogen (secondary N) is 1. The average Bonchev–Trinajstić information content (AvgIpc) is 2.55. The van der Waals surface area contributed by atoms with Crippen LogP contribution in [0, 0.1) is 0 Å². The predicted molar refractivity (Wildman–Crippen MR) is 86.4 cm³/mol. The van der Waals surface area contributed by atoms with Crippen LogP contribution in [0.2, 0.25) is 0 Å². The van der Waals surface area contributed by atoms with Crippen molar-refractivity contribution >= 4 is 10.0 Å². The molecule has 0 unspecified atom stereocenters. The fourth-order valence-corrected chi connectivity index (χ4v) is 3.20. The lowest BCUT2D eigenvalue weighted by Gasteiger charge is -2.11. The minimum Gasteiger partial charge on any atom is -0.478 e. The first kappa shape index (κ1) is 17.9. The number of aryl methyl sites for hydroxylation is 1. The molecule has 0 aliphatic carbocycles. The molecule has 2 heterocycles. The second-order valence-electron chi connectivity index (χ2n) is 4.98. The number of pyridine rings is 1. The van der Waals surface area contributed by atoms with Crippen LogP contribution in [0.3, 0.4) is 0 Å². The van der Waals surface area contributed by atoms with Gasteiger partial charge >= 0.3 is 5.69 Å². The summed E-state index contributed by atoms with van der Waals surface area (Å²) in [6.07, 6.45) is 2.53. The molecule has 24 heavy (non-hydrogen) atoms. The Labute approximate surface area is 138 Å². The van der Waals surface area contributed by atoms with E-state index in [2.05, 4.69) is 9.71 Å². The first-order valence-corrected chi connectivity index (χ1v) is 8.59. The Morgan fingerprint density at radius 3 is 2.67 bits per heavy atom. The van der Waals surface area contributed by atoms with Gasteiger partial charge in [0, 0.05) is 38.6 Å². The van der Waals surface area contributed by atoms with Crippen molar-refractivity contribution in [3.8, 4) is 5.88 Å². The van der Waals surface area contributed by atoms with E-state index in [1.54, 1.807) is 19.1 Å². The first-order valence-electron chi connectivity index (χ1n) is 7.11. The first-order chi connectivity index (χ1) is 11.3. The molecule has 0 aliphatic rings. The van der Waals surface area contributed by atoms with Crippen LogP contribution in [0.1, 0.15) is 12.5 Å². The SMILES string of the molecule is CCOc1ncccc1CNS(=O)(=O)c1cn(C)c(=O)n(C)c1=O. The van der Waals surface area contributed by atoms with E-state index in [0.717, 1.165) is 15.3 Å². The van der Waals surface area contributed by atoms with Gasteiger partial charge in [0.2, 0.25) is 15.9 Å². The van der Waals surface area contributed by atoms with Gasteiger partial charge < -0.3 is 9.30 Å². The van der Waals surface area contributed by atoms with Gasteiger partial charge in [0.05, 0.1) is 6.61 Å². The van der Waals surface area contributed by atoms with E-state index < -0.39 is 26.2 Å². The molecule has 0 aromatic carbocycles. The maximum atomic E-state index is 12.4. The van der Waals surface area contributed by atoms with Gasteiger partial charge in [0.25, 0.3) is 5.56 Å². The highest BCUT2D eigenvalue weighted by atomic mass is 32.2. The van der Waals surface area contributed by atoms with E-state index in [1.165, 1.54) is 20.3 Å². The lowest BCUT2D eigenvalue weighted by molar-refractivity contribution is 0.322. The van der Waals surface area contributed by atoms with E-state index in [-0.39, 0.29) is 6.54 Å². The van der Waals surface area contributed by atoms with Crippen molar-refractivity contribution in [3.63, 3.8) is 0 Å². The highest BCUT2D eigenvalue weighted by Gasteiger charge is 2.21. The molecular weight excluding hydrogens is 336 g/mol. The number of aromatic nitrogens is 3. The number of ether oxygens (including phenoxy) is 1. The topological polar surface area (TPSA) is 112 Å². The fraction of sp³-hybridized carbons (Fsp3) is 0.357. The van der Waals surface area contributed by atoms with Crippen LogP contribution >= 0.6 is 0 Å². The molecule has 1 N–H and O–H groups in total. The van der Waals surface area contributed by atoms with Crippen molar-refractivity contribution in [2.24, 2.45) is 14.1 Å². The summed E-state index contributed by atoms with van der Waals surface area (Å²) in [6.45, 7) is 2.08. The van der Waals surface area contributed by atoms with Crippen LogP contribution in [-0.4, -0.2) is 29.1 Å². The Morgan fingerprint density at radius 2 is 2.00 bits per heavy atom. The third-order valence-corrected chi connectivity index (χ3v) is 4.67. The number of sulfonamides is 1. The Kier molecular flexibility index (Phi) is 5.20. The average molecular weight is 354 g/mol. The molecule has 0 aliphatic heterocycles. The standard InChI is InChI=1S/C14H18N4O5S/c1-4-23-12-10(6-5-7-15-12)8-16-24(21,22)11-9-17(2)14(20)18(3)13(11)19/h5-7,9,16H,4,8H2,1-3H3. The molecular formula is C14H18N4O5S. The Bertz CT molecular complexity index is 962. The van der Waals surface area contributed by atoms with E-state index in [1.807, 2.05) is 0 Å². The van der Waals surface area contributed by atoms with Crippen molar-refractivity contribution in [2.45, 2.75) is 18.4 Å². The zero-order chi connectivity index (χ0) is 17.9. The van der Waals surface area contributed by atoms with Crippen molar-refractivity contribution in [2.75, 3.05) is 6.61 Å². The highest BCUT2D eigenvalue weighted by molar-refractivity contribution is 7.89. The number of hydrogen-bond donors (Lipinski definition) is 1. The molecule has 0 spiro atoms. The predicted octanol–water partition coefficient (Wildman–Crippen LogP) is -0.644. The molecule has 0 radical (unpaired) electrons. The molecule has 0 fully saturated rings. The summed E-state index contributed by atoms with van der Waals surface area (Å²) < 4.78 is 34.3. The minimum atomic E-state index is -4.11. The minimum absolute atomic E-state index is 0.0997. The Balaban J connectivity index is 2.34. The van der Waals surface area contributed by atoms with Crippen LogP contribution in [-0.2, 0) is 30.7 Å². The van der Waals surface area contributed by atoms with Crippen LogP contribution in [0.15, 0.2) is 39.0 Å². The smallest absolute Gasteiger partial charge is 0.330 e. The third-order valence-electron chi connectivity index (χ3n) is 3.29. The molecule has 0 bridgehead atoms. The second-order valence-corrected chi connectivity index (χ2v) is 6.71. The van der Waals surface area contributed by atoms with Gasteiger partial charge in [-0.25, -0.2) is 22.9 Å². The van der Waals surface area contributed by atoms with Crippen molar-refractivity contribution in [1.82, 2.24) is 18.8 Å². The summed E-state index contributed by atoms with van der Waals surface area (Å²) in [6, 6.07) is 3.32. The highest BCUT2D eigenvalue weighted by Crippen LogP contribution is 2.14. The number of rotatable bonds is 6. The summed E-state index contributed by atoms with van der Waals surface area (Å²) in [5.74, 6) is 0.316. The van der Waals surface area contributed by atoms with Gasteiger partial charge in [-0.1, -0.05) is 6.07 Å². The fourth-order valence-electron chi connectivity index (χ4n) is 2.04. The van der Waals surface area contributed by atoms with Crippen LogP contribution in [0.4, 0.5) is 0 Å². The lowest BCUT2D eigenvalue weighted by atomic mass is 10.3. The monoisotopic (exact) mass is 354 g/mol. The largest absolute Gasteiger partial charge is 0.478 e. The maximum absolute atomic E-state index is 12.4. The molecule has 2 aromatic heterocycles. The molecule has 9 nitrogen and oxygen atoms in total. The van der Waals surface area contributed by atoms with Gasteiger partial charge in [-0.15, -0.1) is 0 Å². The zero-order valence-corrected chi connectivity index (χ0v) is 14.3. The third kappa shape index (κ3) is 3.54. The van der Waals surface area contributed by atoms with Crippen molar-refractivity contribution in [3.05, 3.63) is 50.9 Å². The van der Waals surface area contributed by atoms with Crippen molar-refractivity contribution < 1.29 is 13.2 Å². The van der Waals surface area contributed by atoms with Crippen LogP contribution < -0.4 is 20.7 Å². The number of nitrogens with zero attached hydrogens (tertiary/aromatic N) is 3. The molecule has 2 aromatic rings. The normalized spacial score (nSPS) is 11.5. The summed E-state index contributed by atoms with van der Waals surface area (Å²) in [5, 5.41) is 0. The molecule has 0 atom stereocenters. The van der Waals surface area contributed by atoms with E-state index in [4.69, 9.17) is 4.74 Å². The molecule has 0 saturated heterocycles. The maximum Gasteiger partial charge on any atom is 0.330 e. The van der Waals surface area contributed by atoms with Crippen LogP contribution in [0.25, 0.3) is 0 Å². The van der Waals surface area contributed by atoms with Gasteiger partial charge in [-0.2, -0.15) is 0 Å². The van der Waals surface area contributed by atoms with E-state index in [0.29, 0.717) is 18.1 Å². The van der Waals surface area contributed by atoms with Gasteiger partial charge in [-0.05, 0) is 13.0 Å². The van der Waals surface area contributed by atoms with Gasteiger partial charge in [-0.3, -0.25) is 9.36 Å². The quantitative estimate of drug-likeness (QED) is 0.738. The molecule has 2 rings (SSSR count). The molecule has 130 valence electrons. The van der Waals surface area contributed by atoms with E-state index >= 15 is 0 Å². The zero-order valence-electron chi connectivity index (χ0n) is 13.5. The van der Waals surface area contributed by atoms with Gasteiger partial charge in [0.15, 0.2) is 4.90 Å². The van der Waals surface area contributed by atoms with Crippen molar-refractivity contribution in [1.29, 1.82) is 0 Å². The summed E-state index contributed by atoms with van der Waals surface area (Å²) in [5.41, 5.74) is -0.962. The molecule has 10 heteroatoms. The molecule has 0 saturated carbocycles. The lowest BCUT2D eigenvalue weighted by Crippen LogP contribution is -2.41.